The number of rotatable bonds is 5. The average Bonchev–Trinajstić information content (AvgIpc) is 3.22. The Kier molecular flexibility index (Phi) is 3.76. The van der Waals surface area contributed by atoms with Gasteiger partial charge in [-0.25, -0.2) is 0 Å². The number of fused-ring (bicyclic) bond motifs is 1. The molecule has 1 aliphatic heterocycles. The van der Waals surface area contributed by atoms with Gasteiger partial charge in [0.05, 0.1) is 5.54 Å². The monoisotopic (exact) mass is 273 g/mol. The molecule has 1 heterocycles. The van der Waals surface area contributed by atoms with E-state index in [2.05, 4.69) is 34.5 Å². The van der Waals surface area contributed by atoms with Gasteiger partial charge >= 0.3 is 0 Å². The minimum atomic E-state index is -0.538. The molecule has 1 aliphatic carbocycles. The van der Waals surface area contributed by atoms with Crippen molar-refractivity contribution in [1.29, 1.82) is 0 Å². The van der Waals surface area contributed by atoms with Crippen LogP contribution in [0.25, 0.3) is 0 Å². The Balaban J connectivity index is 1.39. The molecule has 0 aromatic heterocycles. The molecular weight excluding hydrogens is 250 g/mol. The standard InChI is InChI=1S/C16H23N3O/c17-16(7-8-16)15(20)18-9-3-10-19-11-6-13-4-1-2-5-14(13)12-19/h1-2,4-5H,3,6-12,17H2,(H,18,20). The van der Waals surface area contributed by atoms with Gasteiger partial charge in [-0.3, -0.25) is 9.69 Å². The van der Waals surface area contributed by atoms with Gasteiger partial charge in [0.1, 0.15) is 0 Å². The van der Waals surface area contributed by atoms with E-state index in [1.54, 1.807) is 0 Å². The van der Waals surface area contributed by atoms with Crippen LogP contribution in [0.15, 0.2) is 24.3 Å². The molecule has 4 nitrogen and oxygen atoms in total. The van der Waals surface area contributed by atoms with Gasteiger partial charge in [0.25, 0.3) is 0 Å². The summed E-state index contributed by atoms with van der Waals surface area (Å²) in [6.07, 6.45) is 3.79. The molecule has 1 aromatic carbocycles. The van der Waals surface area contributed by atoms with Crippen molar-refractivity contribution in [3.05, 3.63) is 35.4 Å². The van der Waals surface area contributed by atoms with Gasteiger partial charge in [-0.05, 0) is 36.8 Å². The van der Waals surface area contributed by atoms with Crippen molar-refractivity contribution in [3.63, 3.8) is 0 Å². The van der Waals surface area contributed by atoms with Crippen LogP contribution in [-0.4, -0.2) is 36.0 Å². The van der Waals surface area contributed by atoms with Crippen LogP contribution in [0.2, 0.25) is 0 Å². The quantitative estimate of drug-likeness (QED) is 0.788. The topological polar surface area (TPSA) is 58.4 Å². The number of benzene rings is 1. The van der Waals surface area contributed by atoms with Crippen LogP contribution in [0, 0.1) is 0 Å². The van der Waals surface area contributed by atoms with Crippen LogP contribution in [0.1, 0.15) is 30.4 Å². The minimum Gasteiger partial charge on any atom is -0.354 e. The second-order valence-corrected chi connectivity index (χ2v) is 6.06. The molecule has 0 unspecified atom stereocenters. The maximum Gasteiger partial charge on any atom is 0.240 e. The summed E-state index contributed by atoms with van der Waals surface area (Å²) in [5.74, 6) is 0.0292. The van der Waals surface area contributed by atoms with E-state index in [9.17, 15) is 4.79 Å². The van der Waals surface area contributed by atoms with Crippen LogP contribution in [0.4, 0.5) is 0 Å². The molecule has 0 radical (unpaired) electrons. The van der Waals surface area contributed by atoms with Crippen molar-refractivity contribution in [2.24, 2.45) is 5.73 Å². The van der Waals surface area contributed by atoms with Gasteiger partial charge in [0.2, 0.25) is 5.91 Å². The third-order valence-electron chi connectivity index (χ3n) is 4.39. The Morgan fingerprint density at radius 1 is 1.30 bits per heavy atom. The minimum absolute atomic E-state index is 0.0292. The number of amides is 1. The normalized spacial score (nSPS) is 20.2. The first-order valence-electron chi connectivity index (χ1n) is 7.54. The fourth-order valence-electron chi connectivity index (χ4n) is 2.79. The Labute approximate surface area is 120 Å². The second kappa shape index (κ2) is 5.54. The van der Waals surface area contributed by atoms with Crippen LogP contribution >= 0.6 is 0 Å². The van der Waals surface area contributed by atoms with E-state index in [0.29, 0.717) is 0 Å². The Morgan fingerprint density at radius 2 is 2.05 bits per heavy atom. The van der Waals surface area contributed by atoms with E-state index in [1.807, 2.05) is 0 Å². The number of hydrogen-bond donors (Lipinski definition) is 2. The molecule has 1 saturated carbocycles. The SMILES string of the molecule is NC1(C(=O)NCCCN2CCc3ccccc3C2)CC1. The number of nitrogens with one attached hydrogen (secondary N) is 1. The summed E-state index contributed by atoms with van der Waals surface area (Å²) < 4.78 is 0. The number of carbonyl (C=O) groups is 1. The molecule has 108 valence electrons. The predicted molar refractivity (Wildman–Crippen MR) is 79.2 cm³/mol. The molecule has 0 bridgehead atoms. The van der Waals surface area contributed by atoms with Crippen molar-refractivity contribution in [2.45, 2.75) is 37.8 Å². The van der Waals surface area contributed by atoms with E-state index in [-0.39, 0.29) is 5.91 Å². The van der Waals surface area contributed by atoms with Gasteiger partial charge in [0, 0.05) is 26.2 Å². The third kappa shape index (κ3) is 3.02. The maximum atomic E-state index is 11.7. The highest BCUT2D eigenvalue weighted by molar-refractivity contribution is 5.88. The number of nitrogens with two attached hydrogens (primary N) is 1. The van der Waals surface area contributed by atoms with Crippen molar-refractivity contribution in [2.75, 3.05) is 19.6 Å². The molecule has 4 heteroatoms. The maximum absolute atomic E-state index is 11.7. The lowest BCUT2D eigenvalue weighted by molar-refractivity contribution is -0.123. The highest BCUT2D eigenvalue weighted by atomic mass is 16.2. The second-order valence-electron chi connectivity index (χ2n) is 6.06. The van der Waals surface area contributed by atoms with E-state index in [1.165, 1.54) is 11.1 Å². The van der Waals surface area contributed by atoms with Gasteiger partial charge in [-0.2, -0.15) is 0 Å². The summed E-state index contributed by atoms with van der Waals surface area (Å²) >= 11 is 0. The van der Waals surface area contributed by atoms with Gasteiger partial charge in [-0.15, -0.1) is 0 Å². The molecule has 0 spiro atoms. The van der Waals surface area contributed by atoms with Gasteiger partial charge in [-0.1, -0.05) is 24.3 Å². The summed E-state index contributed by atoms with van der Waals surface area (Å²) in [4.78, 5) is 14.2. The van der Waals surface area contributed by atoms with Crippen molar-refractivity contribution >= 4 is 5.91 Å². The highest BCUT2D eigenvalue weighted by Gasteiger charge is 2.45. The lowest BCUT2D eigenvalue weighted by atomic mass is 10.00. The Hall–Kier alpha value is -1.39. The fraction of sp³-hybridized carbons (Fsp3) is 0.562. The Morgan fingerprint density at radius 3 is 2.80 bits per heavy atom. The Bertz CT molecular complexity index is 496. The van der Waals surface area contributed by atoms with E-state index in [0.717, 1.165) is 51.9 Å². The molecule has 0 saturated heterocycles. The first kappa shape index (κ1) is 13.6. The molecule has 1 amide bonds. The van der Waals surface area contributed by atoms with E-state index < -0.39 is 5.54 Å². The molecule has 1 fully saturated rings. The van der Waals surface area contributed by atoms with Crippen molar-refractivity contribution in [1.82, 2.24) is 10.2 Å². The molecule has 0 atom stereocenters. The molecule has 1 aromatic rings. The summed E-state index contributed by atoms with van der Waals surface area (Å²) in [5.41, 5.74) is 8.24. The summed E-state index contributed by atoms with van der Waals surface area (Å²) in [6, 6.07) is 8.67. The fourth-order valence-corrected chi connectivity index (χ4v) is 2.79. The molecule has 3 N–H and O–H groups in total. The van der Waals surface area contributed by atoms with E-state index in [4.69, 9.17) is 5.73 Å². The average molecular weight is 273 g/mol. The molecule has 2 aliphatic rings. The van der Waals surface area contributed by atoms with E-state index >= 15 is 0 Å². The van der Waals surface area contributed by atoms with Crippen LogP contribution in [-0.2, 0) is 17.8 Å². The smallest absolute Gasteiger partial charge is 0.240 e. The predicted octanol–water partition coefficient (Wildman–Crippen LogP) is 1.04. The van der Waals surface area contributed by atoms with Crippen molar-refractivity contribution in [3.8, 4) is 0 Å². The first-order valence-corrected chi connectivity index (χ1v) is 7.54. The molecule has 3 rings (SSSR count). The third-order valence-corrected chi connectivity index (χ3v) is 4.39. The first-order chi connectivity index (χ1) is 9.67. The zero-order chi connectivity index (χ0) is 14.0. The van der Waals surface area contributed by atoms with Crippen LogP contribution < -0.4 is 11.1 Å². The molecule has 20 heavy (non-hydrogen) atoms. The lowest BCUT2D eigenvalue weighted by Gasteiger charge is -2.28. The number of carbonyl (C=O) groups excluding carboxylic acids is 1. The number of nitrogens with zero attached hydrogens (tertiary/aromatic N) is 1. The van der Waals surface area contributed by atoms with Gasteiger partial charge < -0.3 is 11.1 Å². The van der Waals surface area contributed by atoms with Gasteiger partial charge in [0.15, 0.2) is 0 Å². The summed E-state index contributed by atoms with van der Waals surface area (Å²) in [5, 5.41) is 2.95. The van der Waals surface area contributed by atoms with Crippen molar-refractivity contribution < 1.29 is 4.79 Å². The highest BCUT2D eigenvalue weighted by Crippen LogP contribution is 2.31. The molecular formula is C16H23N3O. The summed E-state index contributed by atoms with van der Waals surface area (Å²) in [7, 11) is 0. The lowest BCUT2D eigenvalue weighted by Crippen LogP contribution is -2.43. The van der Waals surface area contributed by atoms with Crippen LogP contribution in [0.5, 0.6) is 0 Å². The largest absolute Gasteiger partial charge is 0.354 e. The zero-order valence-corrected chi connectivity index (χ0v) is 11.9. The van der Waals surface area contributed by atoms with Crippen LogP contribution in [0.3, 0.4) is 0 Å². The number of hydrogen-bond acceptors (Lipinski definition) is 3. The zero-order valence-electron chi connectivity index (χ0n) is 11.9. The summed E-state index contributed by atoms with van der Waals surface area (Å²) in [6.45, 7) is 3.92.